The molecule has 0 saturated heterocycles. The van der Waals surface area contributed by atoms with Gasteiger partial charge in [-0.3, -0.25) is 0 Å². The molecule has 0 amide bonds. The van der Waals surface area contributed by atoms with Crippen LogP contribution in [0.2, 0.25) is 0 Å². The Morgan fingerprint density at radius 3 is 2.13 bits per heavy atom. The molecule has 0 N–H and O–H groups in total. The van der Waals surface area contributed by atoms with Gasteiger partial charge in [0.2, 0.25) is 5.95 Å². The van der Waals surface area contributed by atoms with E-state index in [4.69, 9.17) is 0 Å². The maximum absolute atomic E-state index is 4.36. The number of anilines is 1. The Labute approximate surface area is 105 Å². The van der Waals surface area contributed by atoms with Gasteiger partial charge < -0.3 is 4.90 Å². The molecule has 4 heteroatoms. The lowest BCUT2D eigenvalue weighted by atomic mass is 10.2. The molecule has 0 spiro atoms. The van der Waals surface area contributed by atoms with E-state index in [0.29, 0.717) is 12.0 Å². The fraction of sp³-hybridized carbons (Fsp3) is 0.636. The standard InChI is InChI=1S/C11H18IN3/c1-8(2)7-15(9(3)4)11-13-5-10(12)6-14-11/h5-6,8-9H,7H2,1-4H3. The normalized spacial score (nSPS) is 11.1. The topological polar surface area (TPSA) is 29.0 Å². The van der Waals surface area contributed by atoms with Crippen LogP contribution < -0.4 is 4.90 Å². The van der Waals surface area contributed by atoms with E-state index in [2.05, 4.69) is 65.2 Å². The molecule has 3 nitrogen and oxygen atoms in total. The third-order valence-corrected chi connectivity index (χ3v) is 2.61. The van der Waals surface area contributed by atoms with Crippen molar-refractivity contribution < 1.29 is 0 Å². The van der Waals surface area contributed by atoms with Crippen molar-refractivity contribution in [2.75, 3.05) is 11.4 Å². The molecular weight excluding hydrogens is 301 g/mol. The molecule has 0 aliphatic rings. The second-order valence-electron chi connectivity index (χ2n) is 4.34. The van der Waals surface area contributed by atoms with Crippen molar-refractivity contribution in [1.29, 1.82) is 0 Å². The van der Waals surface area contributed by atoms with Gasteiger partial charge >= 0.3 is 0 Å². The van der Waals surface area contributed by atoms with Crippen molar-refractivity contribution in [1.82, 2.24) is 9.97 Å². The Balaban J connectivity index is 2.84. The first-order chi connectivity index (χ1) is 7.00. The summed E-state index contributed by atoms with van der Waals surface area (Å²) < 4.78 is 1.07. The van der Waals surface area contributed by atoms with E-state index in [1.165, 1.54) is 0 Å². The van der Waals surface area contributed by atoms with Gasteiger partial charge in [-0.15, -0.1) is 0 Å². The highest BCUT2D eigenvalue weighted by Crippen LogP contribution is 2.13. The molecule has 0 atom stereocenters. The molecule has 15 heavy (non-hydrogen) atoms. The number of aromatic nitrogens is 2. The van der Waals surface area contributed by atoms with Gasteiger partial charge in [0.05, 0.1) is 0 Å². The van der Waals surface area contributed by atoms with E-state index in [9.17, 15) is 0 Å². The summed E-state index contributed by atoms with van der Waals surface area (Å²) in [5.74, 6) is 1.45. The Morgan fingerprint density at radius 2 is 1.73 bits per heavy atom. The summed E-state index contributed by atoms with van der Waals surface area (Å²) in [5.41, 5.74) is 0. The van der Waals surface area contributed by atoms with Crippen molar-refractivity contribution in [3.8, 4) is 0 Å². The molecule has 1 aromatic heterocycles. The van der Waals surface area contributed by atoms with Crippen molar-refractivity contribution in [2.24, 2.45) is 5.92 Å². The largest absolute Gasteiger partial charge is 0.338 e. The van der Waals surface area contributed by atoms with Crippen LogP contribution in [0.4, 0.5) is 5.95 Å². The minimum absolute atomic E-state index is 0.437. The lowest BCUT2D eigenvalue weighted by Crippen LogP contribution is -2.35. The maximum Gasteiger partial charge on any atom is 0.225 e. The molecule has 0 unspecified atom stereocenters. The average molecular weight is 319 g/mol. The van der Waals surface area contributed by atoms with Crippen LogP contribution in [0.1, 0.15) is 27.7 Å². The van der Waals surface area contributed by atoms with Crippen LogP contribution in [-0.2, 0) is 0 Å². The highest BCUT2D eigenvalue weighted by molar-refractivity contribution is 14.1. The highest BCUT2D eigenvalue weighted by atomic mass is 127. The number of halogens is 1. The van der Waals surface area contributed by atoms with E-state index in [1.807, 2.05) is 12.4 Å². The first kappa shape index (κ1) is 12.7. The Morgan fingerprint density at radius 1 is 1.20 bits per heavy atom. The van der Waals surface area contributed by atoms with Crippen LogP contribution in [0.3, 0.4) is 0 Å². The number of hydrogen-bond acceptors (Lipinski definition) is 3. The first-order valence-corrected chi connectivity index (χ1v) is 6.32. The molecule has 0 aromatic carbocycles. The number of rotatable bonds is 4. The zero-order chi connectivity index (χ0) is 11.4. The fourth-order valence-electron chi connectivity index (χ4n) is 1.37. The molecule has 1 aromatic rings. The van der Waals surface area contributed by atoms with Crippen LogP contribution in [0.5, 0.6) is 0 Å². The molecule has 1 rings (SSSR count). The second-order valence-corrected chi connectivity index (χ2v) is 5.59. The van der Waals surface area contributed by atoms with Crippen LogP contribution in [0.15, 0.2) is 12.4 Å². The van der Waals surface area contributed by atoms with Crippen molar-refractivity contribution in [3.05, 3.63) is 16.0 Å². The maximum atomic E-state index is 4.36. The smallest absolute Gasteiger partial charge is 0.225 e. The summed E-state index contributed by atoms with van der Waals surface area (Å²) in [5, 5.41) is 0. The number of hydrogen-bond donors (Lipinski definition) is 0. The van der Waals surface area contributed by atoms with E-state index < -0.39 is 0 Å². The number of nitrogens with zero attached hydrogens (tertiary/aromatic N) is 3. The van der Waals surface area contributed by atoms with Crippen molar-refractivity contribution in [3.63, 3.8) is 0 Å². The van der Waals surface area contributed by atoms with Gasteiger partial charge in [0, 0.05) is 28.6 Å². The van der Waals surface area contributed by atoms with Crippen LogP contribution in [0, 0.1) is 9.49 Å². The molecule has 0 bridgehead atoms. The lowest BCUT2D eigenvalue weighted by Gasteiger charge is -2.28. The monoisotopic (exact) mass is 319 g/mol. The van der Waals surface area contributed by atoms with Gasteiger partial charge in [-0.25, -0.2) is 9.97 Å². The summed E-state index contributed by atoms with van der Waals surface area (Å²) in [7, 11) is 0. The predicted molar refractivity (Wildman–Crippen MR) is 72.1 cm³/mol. The minimum Gasteiger partial charge on any atom is -0.338 e. The van der Waals surface area contributed by atoms with E-state index in [1.54, 1.807) is 0 Å². The third-order valence-electron chi connectivity index (χ3n) is 2.05. The van der Waals surface area contributed by atoms with Gasteiger partial charge in [0.25, 0.3) is 0 Å². The van der Waals surface area contributed by atoms with Gasteiger partial charge in [-0.2, -0.15) is 0 Å². The van der Waals surface area contributed by atoms with Crippen LogP contribution in [-0.4, -0.2) is 22.6 Å². The Bertz CT molecular complexity index is 295. The fourth-order valence-corrected chi connectivity index (χ4v) is 1.65. The van der Waals surface area contributed by atoms with E-state index in [-0.39, 0.29) is 0 Å². The van der Waals surface area contributed by atoms with Gasteiger partial charge in [-0.05, 0) is 42.4 Å². The molecule has 0 radical (unpaired) electrons. The average Bonchev–Trinajstić information content (AvgIpc) is 2.15. The molecule has 0 aliphatic carbocycles. The second kappa shape index (κ2) is 5.63. The molecule has 0 fully saturated rings. The first-order valence-electron chi connectivity index (χ1n) is 5.25. The predicted octanol–water partition coefficient (Wildman–Crippen LogP) is 2.95. The molecule has 1 heterocycles. The van der Waals surface area contributed by atoms with Gasteiger partial charge in [0.1, 0.15) is 0 Å². The highest BCUT2D eigenvalue weighted by Gasteiger charge is 2.14. The summed E-state index contributed by atoms with van der Waals surface area (Å²) in [4.78, 5) is 11.0. The molecule has 84 valence electrons. The van der Waals surface area contributed by atoms with E-state index >= 15 is 0 Å². The van der Waals surface area contributed by atoms with Gasteiger partial charge in [-0.1, -0.05) is 13.8 Å². The Kier molecular flexibility index (Phi) is 4.76. The zero-order valence-corrected chi connectivity index (χ0v) is 11.9. The van der Waals surface area contributed by atoms with E-state index in [0.717, 1.165) is 16.1 Å². The summed E-state index contributed by atoms with van der Waals surface area (Å²) in [6.07, 6.45) is 3.72. The van der Waals surface area contributed by atoms with Crippen molar-refractivity contribution >= 4 is 28.5 Å². The zero-order valence-electron chi connectivity index (χ0n) is 9.74. The van der Waals surface area contributed by atoms with Crippen LogP contribution in [0.25, 0.3) is 0 Å². The Hall–Kier alpha value is -0.390. The minimum atomic E-state index is 0.437. The third kappa shape index (κ3) is 3.93. The van der Waals surface area contributed by atoms with Crippen LogP contribution >= 0.6 is 22.6 Å². The van der Waals surface area contributed by atoms with Gasteiger partial charge in [0.15, 0.2) is 0 Å². The summed E-state index contributed by atoms with van der Waals surface area (Å²) >= 11 is 2.22. The SMILES string of the molecule is CC(C)CN(c1ncc(I)cn1)C(C)C. The van der Waals surface area contributed by atoms with Crippen molar-refractivity contribution in [2.45, 2.75) is 33.7 Å². The lowest BCUT2D eigenvalue weighted by molar-refractivity contribution is 0.560. The molecule has 0 saturated carbocycles. The summed E-state index contributed by atoms with van der Waals surface area (Å²) in [6, 6.07) is 0.437. The molecule has 0 aliphatic heterocycles. The summed E-state index contributed by atoms with van der Waals surface area (Å²) in [6.45, 7) is 9.76. The quantitative estimate of drug-likeness (QED) is 0.799. The molecular formula is C11H18IN3.